The summed E-state index contributed by atoms with van der Waals surface area (Å²) in [5.41, 5.74) is 6.01. The Kier molecular flexibility index (Phi) is 8.39. The third-order valence-electron chi connectivity index (χ3n) is 7.76. The maximum Gasteiger partial charge on any atom is 0.327 e. The zero-order valence-corrected chi connectivity index (χ0v) is 24.6. The molecule has 0 saturated heterocycles. The average Bonchev–Trinajstić information content (AvgIpc) is 3.42. The van der Waals surface area contributed by atoms with Crippen LogP contribution in [0.1, 0.15) is 34.0 Å². The Labute approximate surface area is 250 Å². The summed E-state index contributed by atoms with van der Waals surface area (Å²) in [6.07, 6.45) is 3.55. The molecular weight excluding hydrogens is 540 g/mol. The number of aliphatic carboxylic acids is 1. The molecule has 8 nitrogen and oxygen atoms in total. The number of anilines is 1. The van der Waals surface area contributed by atoms with E-state index in [9.17, 15) is 19.5 Å². The van der Waals surface area contributed by atoms with Gasteiger partial charge in [-0.15, -0.1) is 0 Å². The number of pyridine rings is 1. The molecule has 0 radical (unpaired) electrons. The summed E-state index contributed by atoms with van der Waals surface area (Å²) in [6.45, 7) is 5.45. The lowest BCUT2D eigenvalue weighted by molar-refractivity contribution is -0.140. The van der Waals surface area contributed by atoms with E-state index in [1.165, 1.54) is 9.80 Å². The Bertz CT molecular complexity index is 1760. The molecule has 2 amide bonds. The number of carbonyl (C=O) groups is 3. The van der Waals surface area contributed by atoms with E-state index in [0.717, 1.165) is 38.9 Å². The largest absolute Gasteiger partial charge is 0.480 e. The number of amides is 2. The van der Waals surface area contributed by atoms with Gasteiger partial charge in [0.25, 0.3) is 5.91 Å². The van der Waals surface area contributed by atoms with Crippen LogP contribution in [-0.2, 0) is 16.0 Å². The molecule has 0 unspecified atom stereocenters. The number of fused-ring (bicyclic) bond motifs is 1. The van der Waals surface area contributed by atoms with Crippen LogP contribution in [0.15, 0.2) is 97.3 Å². The van der Waals surface area contributed by atoms with E-state index in [0.29, 0.717) is 11.3 Å². The van der Waals surface area contributed by atoms with Crippen LogP contribution >= 0.6 is 0 Å². The Morgan fingerprint density at radius 2 is 1.58 bits per heavy atom. The number of carbonyl (C=O) groups excluding carboxylic acids is 2. The lowest BCUT2D eigenvalue weighted by atomic mass is 10.0. The van der Waals surface area contributed by atoms with Crippen LogP contribution in [0.2, 0.25) is 0 Å². The van der Waals surface area contributed by atoms with Gasteiger partial charge < -0.3 is 15.0 Å². The van der Waals surface area contributed by atoms with Gasteiger partial charge in [-0.25, -0.2) is 4.79 Å². The van der Waals surface area contributed by atoms with Crippen LogP contribution in [0.25, 0.3) is 22.2 Å². The molecule has 0 spiro atoms. The second-order valence-corrected chi connectivity index (χ2v) is 10.9. The second kappa shape index (κ2) is 12.3. The lowest BCUT2D eigenvalue weighted by Gasteiger charge is -2.34. The Balaban J connectivity index is 1.53. The summed E-state index contributed by atoms with van der Waals surface area (Å²) in [7, 11) is 1.57. The Morgan fingerprint density at radius 3 is 2.23 bits per heavy atom. The number of carboxylic acid groups (broad SMARTS) is 1. The van der Waals surface area contributed by atoms with E-state index in [1.807, 2.05) is 74.5 Å². The normalized spacial score (nSPS) is 12.5. The molecule has 0 fully saturated rings. The van der Waals surface area contributed by atoms with Gasteiger partial charge >= 0.3 is 5.97 Å². The maximum atomic E-state index is 14.3. The van der Waals surface area contributed by atoms with Gasteiger partial charge in [-0.1, -0.05) is 53.6 Å². The van der Waals surface area contributed by atoms with E-state index in [1.54, 1.807) is 50.6 Å². The zero-order valence-electron chi connectivity index (χ0n) is 24.6. The lowest BCUT2D eigenvalue weighted by Crippen LogP contribution is -2.54. The van der Waals surface area contributed by atoms with Gasteiger partial charge in [-0.3, -0.25) is 19.5 Å². The zero-order chi connectivity index (χ0) is 30.7. The number of aryl methyl sites for hydroxylation is 2. The quantitative estimate of drug-likeness (QED) is 0.223. The van der Waals surface area contributed by atoms with Crippen LogP contribution in [0.5, 0.6) is 0 Å². The first-order chi connectivity index (χ1) is 20.6. The van der Waals surface area contributed by atoms with Crippen molar-refractivity contribution in [2.75, 3.05) is 11.9 Å². The molecule has 2 atom stereocenters. The van der Waals surface area contributed by atoms with E-state index in [-0.39, 0.29) is 12.3 Å². The molecule has 2 N–H and O–H groups in total. The van der Waals surface area contributed by atoms with Gasteiger partial charge in [0.05, 0.1) is 5.69 Å². The number of hydrogen-bond acceptors (Lipinski definition) is 4. The van der Waals surface area contributed by atoms with Crippen molar-refractivity contribution in [3.63, 3.8) is 0 Å². The maximum absolute atomic E-state index is 14.3. The van der Waals surface area contributed by atoms with Crippen molar-refractivity contribution in [2.45, 2.75) is 39.3 Å². The molecule has 43 heavy (non-hydrogen) atoms. The number of hydrogen-bond donors (Lipinski definition) is 2. The van der Waals surface area contributed by atoms with Crippen LogP contribution in [-0.4, -0.2) is 56.9 Å². The predicted octanol–water partition coefficient (Wildman–Crippen LogP) is 6.04. The number of nitrogens with one attached hydrogen (secondary N) is 1. The van der Waals surface area contributed by atoms with Gasteiger partial charge in [-0.05, 0) is 68.8 Å². The first-order valence-corrected chi connectivity index (χ1v) is 14.1. The number of nitrogens with zero attached hydrogens (tertiary/aromatic N) is 3. The standard InChI is InChI=1S/C35H34N4O4/c1-22-17-23(2)19-26(18-22)34(41)38(4)24(3)33(40)39(28-14-12-25(13-15-28)30-10-7-8-16-36-30)32(35(42)43)20-27-21-37-31-11-6-5-9-29(27)31/h5-19,21,24,32,37H,20H2,1-4H3,(H,42,43)/t24-,32-/m0/s1. The second-order valence-electron chi connectivity index (χ2n) is 10.9. The molecule has 3 aromatic carbocycles. The molecule has 0 aliphatic carbocycles. The van der Waals surface area contributed by atoms with Crippen molar-refractivity contribution < 1.29 is 19.5 Å². The molecule has 5 rings (SSSR count). The highest BCUT2D eigenvalue weighted by atomic mass is 16.4. The number of carboxylic acids is 1. The number of para-hydroxylation sites is 1. The number of aromatic nitrogens is 2. The Hall–Kier alpha value is -5.24. The molecular formula is C35H34N4O4. The minimum Gasteiger partial charge on any atom is -0.480 e. The fourth-order valence-electron chi connectivity index (χ4n) is 5.43. The summed E-state index contributed by atoms with van der Waals surface area (Å²) in [4.78, 5) is 50.9. The summed E-state index contributed by atoms with van der Waals surface area (Å²) in [5, 5.41) is 11.4. The van der Waals surface area contributed by atoms with Crippen LogP contribution < -0.4 is 4.90 Å². The van der Waals surface area contributed by atoms with Crippen LogP contribution in [0.3, 0.4) is 0 Å². The molecule has 0 bridgehead atoms. The van der Waals surface area contributed by atoms with Crippen LogP contribution in [0.4, 0.5) is 5.69 Å². The van der Waals surface area contributed by atoms with E-state index in [4.69, 9.17) is 0 Å². The fraction of sp³-hybridized carbons (Fsp3) is 0.200. The van der Waals surface area contributed by atoms with Crippen molar-refractivity contribution in [1.82, 2.24) is 14.9 Å². The van der Waals surface area contributed by atoms with E-state index < -0.39 is 24.0 Å². The van der Waals surface area contributed by atoms with Crippen molar-refractivity contribution in [3.05, 3.63) is 120 Å². The number of likely N-dealkylation sites (N-methyl/N-ethyl adjacent to an activating group) is 1. The molecule has 0 aliphatic heterocycles. The third-order valence-corrected chi connectivity index (χ3v) is 7.76. The molecule has 2 heterocycles. The van der Waals surface area contributed by atoms with Gasteiger partial charge in [-0.2, -0.15) is 0 Å². The number of H-pyrrole nitrogens is 1. The predicted molar refractivity (Wildman–Crippen MR) is 168 cm³/mol. The van der Waals surface area contributed by atoms with Crippen molar-refractivity contribution in [3.8, 4) is 11.3 Å². The Morgan fingerprint density at radius 1 is 0.907 bits per heavy atom. The van der Waals surface area contributed by atoms with Crippen molar-refractivity contribution in [2.24, 2.45) is 0 Å². The number of aromatic amines is 1. The molecule has 2 aromatic heterocycles. The fourth-order valence-corrected chi connectivity index (χ4v) is 5.43. The smallest absolute Gasteiger partial charge is 0.327 e. The molecule has 0 aliphatic rings. The van der Waals surface area contributed by atoms with E-state index in [2.05, 4.69) is 9.97 Å². The molecule has 0 saturated carbocycles. The first-order valence-electron chi connectivity index (χ1n) is 14.1. The highest BCUT2D eigenvalue weighted by Gasteiger charge is 2.36. The SMILES string of the molecule is Cc1cc(C)cc(C(=O)N(C)[C@@H](C)C(=O)N(c2ccc(-c3ccccn3)cc2)[C@@H](Cc2c[nH]c3ccccc23)C(=O)O)c1. The molecule has 8 heteroatoms. The van der Waals surface area contributed by atoms with Crippen molar-refractivity contribution in [1.29, 1.82) is 0 Å². The number of rotatable bonds is 9. The molecule has 5 aromatic rings. The van der Waals surface area contributed by atoms with Crippen LogP contribution in [0, 0.1) is 13.8 Å². The minimum atomic E-state index is -1.24. The summed E-state index contributed by atoms with van der Waals surface area (Å²) in [6, 6.07) is 23.7. The van der Waals surface area contributed by atoms with Gasteiger partial charge in [0.15, 0.2) is 0 Å². The summed E-state index contributed by atoms with van der Waals surface area (Å²) >= 11 is 0. The molecule has 218 valence electrons. The highest BCUT2D eigenvalue weighted by Crippen LogP contribution is 2.28. The summed E-state index contributed by atoms with van der Waals surface area (Å²) < 4.78 is 0. The highest BCUT2D eigenvalue weighted by molar-refractivity contribution is 6.05. The van der Waals surface area contributed by atoms with E-state index >= 15 is 0 Å². The van der Waals surface area contributed by atoms with Gasteiger partial charge in [0, 0.05) is 53.6 Å². The monoisotopic (exact) mass is 574 g/mol. The average molecular weight is 575 g/mol. The topological polar surface area (TPSA) is 107 Å². The number of benzene rings is 3. The van der Waals surface area contributed by atoms with Gasteiger partial charge in [0.2, 0.25) is 5.91 Å². The van der Waals surface area contributed by atoms with Crippen molar-refractivity contribution >= 4 is 34.4 Å². The first kappa shape index (κ1) is 29.3. The van der Waals surface area contributed by atoms with Gasteiger partial charge in [0.1, 0.15) is 12.1 Å². The minimum absolute atomic E-state index is 0.0640. The third kappa shape index (κ3) is 6.18. The summed E-state index contributed by atoms with van der Waals surface area (Å²) in [5.74, 6) is -1.97.